The molecular weight excluding hydrogens is 250 g/mol. The zero-order valence-corrected chi connectivity index (χ0v) is 10.8. The summed E-state index contributed by atoms with van der Waals surface area (Å²) >= 11 is 0. The van der Waals surface area contributed by atoms with Crippen LogP contribution in [0.1, 0.15) is 20.3 Å². The standard InChI is InChI=1S/C12H17N3O4/c1-3-13-8(2)6-12(17)14-10-7-9(15(18)19)4-5-11(10)16/h4-5,7-8,13,16H,3,6H2,1-2H3,(H,14,17). The van der Waals surface area contributed by atoms with E-state index < -0.39 is 4.92 Å². The van der Waals surface area contributed by atoms with Gasteiger partial charge in [-0.2, -0.15) is 0 Å². The van der Waals surface area contributed by atoms with Gasteiger partial charge in [0, 0.05) is 24.6 Å². The lowest BCUT2D eigenvalue weighted by molar-refractivity contribution is -0.384. The fraction of sp³-hybridized carbons (Fsp3) is 0.417. The van der Waals surface area contributed by atoms with Gasteiger partial charge in [-0.05, 0) is 19.5 Å². The van der Waals surface area contributed by atoms with Crippen molar-refractivity contribution in [1.82, 2.24) is 5.32 Å². The van der Waals surface area contributed by atoms with Gasteiger partial charge >= 0.3 is 0 Å². The van der Waals surface area contributed by atoms with Crippen molar-refractivity contribution in [3.05, 3.63) is 28.3 Å². The highest BCUT2D eigenvalue weighted by atomic mass is 16.6. The highest BCUT2D eigenvalue weighted by molar-refractivity contribution is 5.92. The van der Waals surface area contributed by atoms with E-state index in [0.717, 1.165) is 12.6 Å². The van der Waals surface area contributed by atoms with Crippen molar-refractivity contribution < 1.29 is 14.8 Å². The molecule has 0 aliphatic rings. The molecule has 0 aliphatic heterocycles. The Morgan fingerprint density at radius 3 is 2.79 bits per heavy atom. The molecule has 0 aromatic heterocycles. The number of nitro benzene ring substituents is 1. The molecule has 0 aliphatic carbocycles. The molecule has 1 unspecified atom stereocenters. The van der Waals surface area contributed by atoms with Crippen molar-refractivity contribution in [2.45, 2.75) is 26.3 Å². The van der Waals surface area contributed by atoms with Crippen LogP contribution in [0.3, 0.4) is 0 Å². The van der Waals surface area contributed by atoms with Crippen LogP contribution in [0, 0.1) is 10.1 Å². The van der Waals surface area contributed by atoms with Crippen LogP contribution in [-0.4, -0.2) is 28.5 Å². The first-order valence-corrected chi connectivity index (χ1v) is 5.94. The molecule has 0 spiro atoms. The van der Waals surface area contributed by atoms with Gasteiger partial charge in [0.25, 0.3) is 5.69 Å². The molecule has 7 nitrogen and oxygen atoms in total. The summed E-state index contributed by atoms with van der Waals surface area (Å²) in [6.07, 6.45) is 0.218. The monoisotopic (exact) mass is 267 g/mol. The van der Waals surface area contributed by atoms with E-state index in [1.54, 1.807) is 0 Å². The third kappa shape index (κ3) is 4.55. The maximum Gasteiger partial charge on any atom is 0.271 e. The number of phenolic OH excluding ortho intramolecular Hbond substituents is 1. The van der Waals surface area contributed by atoms with Crippen molar-refractivity contribution >= 4 is 17.3 Å². The average molecular weight is 267 g/mol. The number of phenols is 1. The number of aromatic hydroxyl groups is 1. The smallest absolute Gasteiger partial charge is 0.271 e. The molecule has 0 fully saturated rings. The van der Waals surface area contributed by atoms with Crippen molar-refractivity contribution in [2.75, 3.05) is 11.9 Å². The molecule has 0 radical (unpaired) electrons. The second-order valence-corrected chi connectivity index (χ2v) is 4.17. The second-order valence-electron chi connectivity index (χ2n) is 4.17. The van der Waals surface area contributed by atoms with E-state index in [0.29, 0.717) is 0 Å². The van der Waals surface area contributed by atoms with Crippen LogP contribution in [0.2, 0.25) is 0 Å². The Hall–Kier alpha value is -2.15. The number of nitrogens with one attached hydrogen (secondary N) is 2. The van der Waals surface area contributed by atoms with Crippen LogP contribution < -0.4 is 10.6 Å². The van der Waals surface area contributed by atoms with Crippen LogP contribution in [-0.2, 0) is 4.79 Å². The number of nitro groups is 1. The summed E-state index contributed by atoms with van der Waals surface area (Å²) in [4.78, 5) is 21.7. The first-order chi connectivity index (χ1) is 8.93. The number of carbonyl (C=O) groups is 1. The number of hydrogen-bond donors (Lipinski definition) is 3. The molecule has 0 saturated heterocycles. The minimum absolute atomic E-state index is 0.00848. The molecule has 1 aromatic carbocycles. The van der Waals surface area contributed by atoms with Crippen molar-refractivity contribution in [2.24, 2.45) is 0 Å². The Morgan fingerprint density at radius 1 is 1.53 bits per heavy atom. The third-order valence-electron chi connectivity index (χ3n) is 2.51. The van der Waals surface area contributed by atoms with E-state index >= 15 is 0 Å². The van der Waals surface area contributed by atoms with E-state index in [-0.39, 0.29) is 35.5 Å². The Morgan fingerprint density at radius 2 is 2.21 bits per heavy atom. The van der Waals surface area contributed by atoms with Gasteiger partial charge in [-0.15, -0.1) is 0 Å². The first kappa shape index (κ1) is 14.9. The summed E-state index contributed by atoms with van der Waals surface area (Å²) < 4.78 is 0. The molecule has 104 valence electrons. The van der Waals surface area contributed by atoms with E-state index in [2.05, 4.69) is 10.6 Å². The average Bonchev–Trinajstić information content (AvgIpc) is 2.31. The summed E-state index contributed by atoms with van der Waals surface area (Å²) in [7, 11) is 0. The lowest BCUT2D eigenvalue weighted by Gasteiger charge is -2.12. The highest BCUT2D eigenvalue weighted by Gasteiger charge is 2.14. The number of rotatable bonds is 6. The fourth-order valence-electron chi connectivity index (χ4n) is 1.64. The van der Waals surface area contributed by atoms with Gasteiger partial charge in [0.05, 0.1) is 10.6 Å². The number of nitrogens with zero attached hydrogens (tertiary/aromatic N) is 1. The molecule has 19 heavy (non-hydrogen) atoms. The van der Waals surface area contributed by atoms with E-state index in [4.69, 9.17) is 0 Å². The number of hydrogen-bond acceptors (Lipinski definition) is 5. The van der Waals surface area contributed by atoms with Crippen LogP contribution in [0.15, 0.2) is 18.2 Å². The Bertz CT molecular complexity index is 476. The number of anilines is 1. The van der Waals surface area contributed by atoms with Gasteiger partial charge in [-0.25, -0.2) is 0 Å². The lowest BCUT2D eigenvalue weighted by Crippen LogP contribution is -2.30. The van der Waals surface area contributed by atoms with E-state index in [9.17, 15) is 20.0 Å². The van der Waals surface area contributed by atoms with Crippen LogP contribution in [0.25, 0.3) is 0 Å². The molecule has 0 saturated carbocycles. The summed E-state index contributed by atoms with van der Waals surface area (Å²) in [6.45, 7) is 4.54. The van der Waals surface area contributed by atoms with Gasteiger partial charge in [-0.3, -0.25) is 14.9 Å². The Kier molecular flexibility index (Phi) is 5.25. The summed E-state index contributed by atoms with van der Waals surface area (Å²) in [5.41, 5.74) is -0.143. The van der Waals surface area contributed by atoms with E-state index in [1.165, 1.54) is 12.1 Å². The van der Waals surface area contributed by atoms with Gasteiger partial charge in [0.2, 0.25) is 5.91 Å². The molecule has 0 heterocycles. The second kappa shape index (κ2) is 6.69. The molecular formula is C12H17N3O4. The minimum atomic E-state index is -0.587. The fourth-order valence-corrected chi connectivity index (χ4v) is 1.64. The van der Waals surface area contributed by atoms with Crippen molar-refractivity contribution in [3.63, 3.8) is 0 Å². The summed E-state index contributed by atoms with van der Waals surface area (Å²) in [6, 6.07) is 3.48. The third-order valence-corrected chi connectivity index (χ3v) is 2.51. The van der Waals surface area contributed by atoms with Gasteiger partial charge in [-0.1, -0.05) is 6.92 Å². The first-order valence-electron chi connectivity index (χ1n) is 5.94. The number of carbonyl (C=O) groups excluding carboxylic acids is 1. The largest absolute Gasteiger partial charge is 0.506 e. The molecule has 0 bridgehead atoms. The van der Waals surface area contributed by atoms with Gasteiger partial charge in [0.15, 0.2) is 0 Å². The SMILES string of the molecule is CCNC(C)CC(=O)Nc1cc([N+](=O)[O-])ccc1O. The number of benzene rings is 1. The molecule has 3 N–H and O–H groups in total. The predicted molar refractivity (Wildman–Crippen MR) is 71.1 cm³/mol. The van der Waals surface area contributed by atoms with Crippen molar-refractivity contribution in [3.8, 4) is 5.75 Å². The van der Waals surface area contributed by atoms with Crippen molar-refractivity contribution in [1.29, 1.82) is 0 Å². The maximum atomic E-state index is 11.7. The Balaban J connectivity index is 2.73. The van der Waals surface area contributed by atoms with Crippen LogP contribution in [0.5, 0.6) is 5.75 Å². The zero-order chi connectivity index (χ0) is 14.4. The minimum Gasteiger partial charge on any atom is -0.506 e. The molecule has 1 aromatic rings. The zero-order valence-electron chi connectivity index (χ0n) is 10.8. The quantitative estimate of drug-likeness (QED) is 0.413. The van der Waals surface area contributed by atoms with Crippen LogP contribution >= 0.6 is 0 Å². The molecule has 1 amide bonds. The van der Waals surface area contributed by atoms with Gasteiger partial charge < -0.3 is 15.7 Å². The topological polar surface area (TPSA) is 104 Å². The number of non-ortho nitro benzene ring substituents is 1. The van der Waals surface area contributed by atoms with Gasteiger partial charge in [0.1, 0.15) is 5.75 Å². The normalized spacial score (nSPS) is 11.9. The van der Waals surface area contributed by atoms with Crippen LogP contribution in [0.4, 0.5) is 11.4 Å². The Labute approximate surface area is 110 Å². The summed E-state index contributed by atoms with van der Waals surface area (Å²) in [5.74, 6) is -0.515. The summed E-state index contributed by atoms with van der Waals surface area (Å²) in [5, 5.41) is 25.7. The van der Waals surface area contributed by atoms with E-state index in [1.807, 2.05) is 13.8 Å². The molecule has 1 rings (SSSR count). The predicted octanol–water partition coefficient (Wildman–Crippen LogP) is 1.63. The molecule has 7 heteroatoms. The number of amides is 1. The lowest BCUT2D eigenvalue weighted by atomic mass is 10.2. The molecule has 1 atom stereocenters. The highest BCUT2D eigenvalue weighted by Crippen LogP contribution is 2.27. The maximum absolute atomic E-state index is 11.7.